The Kier molecular flexibility index (Phi) is 4.31. The number of hydrogen-bond donors (Lipinski definition) is 3. The Morgan fingerprint density at radius 1 is 1.42 bits per heavy atom. The van der Waals surface area contributed by atoms with Crippen molar-refractivity contribution in [3.8, 4) is 0 Å². The number of fused-ring (bicyclic) bond motifs is 1. The molecule has 0 saturated carbocycles. The summed E-state index contributed by atoms with van der Waals surface area (Å²) in [5, 5.41) is 10.5. The summed E-state index contributed by atoms with van der Waals surface area (Å²) in [6, 6.07) is 10.0. The minimum absolute atomic E-state index is 0.354. The zero-order valence-corrected chi connectivity index (χ0v) is 11.3. The fourth-order valence-electron chi connectivity index (χ4n) is 2.21. The Balaban J connectivity index is 2.30. The van der Waals surface area contributed by atoms with Crippen LogP contribution in [-0.4, -0.2) is 34.7 Å². The van der Waals surface area contributed by atoms with Gasteiger partial charge in [-0.3, -0.25) is 4.90 Å². The third-order valence-electron chi connectivity index (χ3n) is 2.96. The molecule has 0 spiro atoms. The van der Waals surface area contributed by atoms with E-state index in [1.807, 2.05) is 36.2 Å². The van der Waals surface area contributed by atoms with Crippen LogP contribution < -0.4 is 11.3 Å². The maximum Gasteiger partial charge on any atom is 0.145 e. The lowest BCUT2D eigenvalue weighted by atomic mass is 10.1. The van der Waals surface area contributed by atoms with Crippen LogP contribution in [0.2, 0.25) is 0 Å². The number of nitrogen functional groups attached to an aromatic ring is 1. The van der Waals surface area contributed by atoms with E-state index in [2.05, 4.69) is 16.5 Å². The number of benzene rings is 1. The summed E-state index contributed by atoms with van der Waals surface area (Å²) in [6.07, 6.45) is -0.354. The van der Waals surface area contributed by atoms with Crippen LogP contribution in [0.25, 0.3) is 10.9 Å². The van der Waals surface area contributed by atoms with Crippen molar-refractivity contribution >= 4 is 16.7 Å². The highest BCUT2D eigenvalue weighted by Gasteiger charge is 2.10. The molecule has 1 aromatic carbocycles. The summed E-state index contributed by atoms with van der Waals surface area (Å²) in [7, 11) is 1.96. The minimum Gasteiger partial charge on any atom is -0.392 e. The predicted molar refractivity (Wildman–Crippen MR) is 77.6 cm³/mol. The first-order chi connectivity index (χ1) is 9.10. The molecule has 102 valence electrons. The lowest BCUT2D eigenvalue weighted by Crippen LogP contribution is -2.27. The molecule has 0 aliphatic rings. The Morgan fingerprint density at radius 3 is 2.84 bits per heavy atom. The van der Waals surface area contributed by atoms with E-state index >= 15 is 0 Å². The van der Waals surface area contributed by atoms with Crippen LogP contribution in [0.4, 0.5) is 5.82 Å². The van der Waals surface area contributed by atoms with E-state index in [0.717, 1.165) is 16.5 Å². The van der Waals surface area contributed by atoms with E-state index in [1.165, 1.54) is 0 Å². The van der Waals surface area contributed by atoms with Gasteiger partial charge in [0.1, 0.15) is 5.82 Å². The Labute approximate surface area is 113 Å². The molecular formula is C14H20N4O. The first-order valence-corrected chi connectivity index (χ1v) is 6.32. The van der Waals surface area contributed by atoms with E-state index in [0.29, 0.717) is 18.9 Å². The number of nitrogens with zero attached hydrogens (tertiary/aromatic N) is 2. The van der Waals surface area contributed by atoms with Crippen LogP contribution in [0.1, 0.15) is 12.5 Å². The predicted octanol–water partition coefficient (Wildman–Crippen LogP) is 1.33. The molecule has 0 aliphatic heterocycles. The molecular weight excluding hydrogens is 240 g/mol. The number of anilines is 1. The number of nitrogens with two attached hydrogens (primary N) is 1. The van der Waals surface area contributed by atoms with Gasteiger partial charge in [0.05, 0.1) is 11.6 Å². The van der Waals surface area contributed by atoms with Crippen molar-refractivity contribution < 1.29 is 5.11 Å². The number of aliphatic hydroxyl groups is 1. The van der Waals surface area contributed by atoms with Crippen LogP contribution >= 0.6 is 0 Å². The average molecular weight is 260 g/mol. The first kappa shape index (κ1) is 13.7. The van der Waals surface area contributed by atoms with Crippen molar-refractivity contribution in [3.63, 3.8) is 0 Å². The van der Waals surface area contributed by atoms with Crippen LogP contribution in [-0.2, 0) is 6.54 Å². The first-order valence-electron chi connectivity index (χ1n) is 6.32. The van der Waals surface area contributed by atoms with E-state index in [-0.39, 0.29) is 6.10 Å². The standard InChI is InChI=1S/C14H20N4O/c1-10(19)8-18(2)9-12-7-11-5-3-4-6-13(11)16-14(12)17-15/h3-7,10,19H,8-9,15H2,1-2H3,(H,16,17). The summed E-state index contributed by atoms with van der Waals surface area (Å²) in [6.45, 7) is 3.07. The molecule has 1 aromatic heterocycles. The fourth-order valence-corrected chi connectivity index (χ4v) is 2.21. The molecule has 0 fully saturated rings. The molecule has 1 heterocycles. The summed E-state index contributed by atoms with van der Waals surface area (Å²) in [4.78, 5) is 6.54. The maximum atomic E-state index is 9.40. The Bertz CT molecular complexity index is 556. The number of nitrogens with one attached hydrogen (secondary N) is 1. The Hall–Kier alpha value is -1.69. The Morgan fingerprint density at radius 2 is 2.16 bits per heavy atom. The highest BCUT2D eigenvalue weighted by molar-refractivity contribution is 5.81. The zero-order chi connectivity index (χ0) is 13.8. The highest BCUT2D eigenvalue weighted by atomic mass is 16.3. The molecule has 0 saturated heterocycles. The van der Waals surface area contributed by atoms with Gasteiger partial charge in [0, 0.05) is 24.0 Å². The molecule has 0 amide bonds. The highest BCUT2D eigenvalue weighted by Crippen LogP contribution is 2.20. The van der Waals surface area contributed by atoms with Crippen molar-refractivity contribution in [3.05, 3.63) is 35.9 Å². The van der Waals surface area contributed by atoms with Gasteiger partial charge in [-0.25, -0.2) is 10.8 Å². The van der Waals surface area contributed by atoms with Crippen molar-refractivity contribution in [2.75, 3.05) is 19.0 Å². The zero-order valence-electron chi connectivity index (χ0n) is 11.3. The summed E-state index contributed by atoms with van der Waals surface area (Å²) < 4.78 is 0. The minimum atomic E-state index is -0.354. The van der Waals surface area contributed by atoms with Gasteiger partial charge in [-0.2, -0.15) is 0 Å². The topological polar surface area (TPSA) is 74.4 Å². The fraction of sp³-hybridized carbons (Fsp3) is 0.357. The second-order valence-corrected chi connectivity index (χ2v) is 4.88. The van der Waals surface area contributed by atoms with Gasteiger partial charge in [-0.05, 0) is 26.1 Å². The van der Waals surface area contributed by atoms with Crippen LogP contribution in [0.5, 0.6) is 0 Å². The second-order valence-electron chi connectivity index (χ2n) is 4.88. The molecule has 2 rings (SSSR count). The van der Waals surface area contributed by atoms with Gasteiger partial charge in [-0.1, -0.05) is 18.2 Å². The second kappa shape index (κ2) is 5.97. The lowest BCUT2D eigenvalue weighted by molar-refractivity contribution is 0.138. The lowest BCUT2D eigenvalue weighted by Gasteiger charge is -2.20. The molecule has 4 N–H and O–H groups in total. The van der Waals surface area contributed by atoms with E-state index in [1.54, 1.807) is 6.92 Å². The molecule has 1 atom stereocenters. The van der Waals surface area contributed by atoms with Gasteiger partial charge in [0.2, 0.25) is 0 Å². The molecule has 5 heteroatoms. The van der Waals surface area contributed by atoms with E-state index in [4.69, 9.17) is 5.84 Å². The summed E-state index contributed by atoms with van der Waals surface area (Å²) in [5.41, 5.74) is 4.58. The number of para-hydroxylation sites is 1. The number of rotatable bonds is 5. The van der Waals surface area contributed by atoms with Gasteiger partial charge < -0.3 is 10.5 Å². The largest absolute Gasteiger partial charge is 0.392 e. The van der Waals surface area contributed by atoms with Gasteiger partial charge in [0.25, 0.3) is 0 Å². The van der Waals surface area contributed by atoms with E-state index < -0.39 is 0 Å². The van der Waals surface area contributed by atoms with Crippen LogP contribution in [0.15, 0.2) is 30.3 Å². The molecule has 0 radical (unpaired) electrons. The number of hydrazine groups is 1. The molecule has 0 aliphatic carbocycles. The van der Waals surface area contributed by atoms with E-state index in [9.17, 15) is 5.11 Å². The molecule has 19 heavy (non-hydrogen) atoms. The smallest absolute Gasteiger partial charge is 0.145 e. The number of aliphatic hydroxyl groups excluding tert-OH is 1. The van der Waals surface area contributed by atoms with Crippen molar-refractivity contribution in [2.45, 2.75) is 19.6 Å². The van der Waals surface area contributed by atoms with Crippen LogP contribution in [0, 0.1) is 0 Å². The number of likely N-dealkylation sites (N-methyl/N-ethyl adjacent to an activating group) is 1. The molecule has 2 aromatic rings. The number of hydrogen-bond acceptors (Lipinski definition) is 5. The number of pyridine rings is 1. The monoisotopic (exact) mass is 260 g/mol. The molecule has 0 bridgehead atoms. The third-order valence-corrected chi connectivity index (χ3v) is 2.96. The van der Waals surface area contributed by atoms with Crippen molar-refractivity contribution in [2.24, 2.45) is 5.84 Å². The van der Waals surface area contributed by atoms with Gasteiger partial charge in [0.15, 0.2) is 0 Å². The van der Waals surface area contributed by atoms with Crippen LogP contribution in [0.3, 0.4) is 0 Å². The molecule has 1 unspecified atom stereocenters. The summed E-state index contributed by atoms with van der Waals surface area (Å²) >= 11 is 0. The number of aromatic nitrogens is 1. The third kappa shape index (κ3) is 3.41. The summed E-state index contributed by atoms with van der Waals surface area (Å²) in [5.74, 6) is 6.22. The van der Waals surface area contributed by atoms with Crippen molar-refractivity contribution in [1.29, 1.82) is 0 Å². The maximum absolute atomic E-state index is 9.40. The van der Waals surface area contributed by atoms with Crippen molar-refractivity contribution in [1.82, 2.24) is 9.88 Å². The quantitative estimate of drug-likeness (QED) is 0.558. The average Bonchev–Trinajstić information content (AvgIpc) is 2.36. The molecule has 5 nitrogen and oxygen atoms in total. The van der Waals surface area contributed by atoms with Gasteiger partial charge >= 0.3 is 0 Å². The SMILES string of the molecule is CC(O)CN(C)Cc1cc2ccccc2nc1NN. The van der Waals surface area contributed by atoms with Gasteiger partial charge in [-0.15, -0.1) is 0 Å². The normalized spacial score (nSPS) is 12.9.